The van der Waals surface area contributed by atoms with Crippen LogP contribution in [0.4, 0.5) is 5.69 Å². The second-order valence-corrected chi connectivity index (χ2v) is 7.46. The standard InChI is InChI=1S/C19H19ClN4OS/c1-13(14-6-4-3-5-7-14)24(2)12-17-22-23-19(26-17)18(25)21-16-10-8-15(20)9-11-16/h3-11,13H,12H2,1-2H3,(H,21,25)/t13-/m0/s1. The molecule has 0 radical (unpaired) electrons. The lowest BCUT2D eigenvalue weighted by Crippen LogP contribution is -2.21. The molecule has 0 bridgehead atoms. The Bertz CT molecular complexity index is 867. The van der Waals surface area contributed by atoms with Crippen LogP contribution in [-0.2, 0) is 6.54 Å². The summed E-state index contributed by atoms with van der Waals surface area (Å²) in [6, 6.07) is 17.5. The molecular weight excluding hydrogens is 368 g/mol. The van der Waals surface area contributed by atoms with Crippen molar-refractivity contribution in [2.45, 2.75) is 19.5 Å². The quantitative estimate of drug-likeness (QED) is 0.670. The number of nitrogens with one attached hydrogen (secondary N) is 1. The van der Waals surface area contributed by atoms with Gasteiger partial charge in [-0.2, -0.15) is 0 Å². The fourth-order valence-electron chi connectivity index (χ4n) is 2.46. The number of nitrogens with zero attached hydrogens (tertiary/aromatic N) is 3. The van der Waals surface area contributed by atoms with E-state index in [1.165, 1.54) is 16.9 Å². The molecule has 0 spiro atoms. The lowest BCUT2D eigenvalue weighted by Gasteiger charge is -2.23. The Hall–Kier alpha value is -2.28. The average Bonchev–Trinajstić information content (AvgIpc) is 3.12. The van der Waals surface area contributed by atoms with Crippen molar-refractivity contribution in [3.05, 3.63) is 75.2 Å². The molecular formula is C19H19ClN4OS. The fourth-order valence-corrected chi connectivity index (χ4v) is 3.39. The van der Waals surface area contributed by atoms with Crippen LogP contribution in [0.5, 0.6) is 0 Å². The Kier molecular flexibility index (Phi) is 5.98. The van der Waals surface area contributed by atoms with Gasteiger partial charge in [0.25, 0.3) is 5.91 Å². The van der Waals surface area contributed by atoms with Crippen LogP contribution in [0.2, 0.25) is 5.02 Å². The number of benzene rings is 2. The summed E-state index contributed by atoms with van der Waals surface area (Å²) in [5, 5.41) is 12.7. The Balaban J connectivity index is 1.62. The van der Waals surface area contributed by atoms with E-state index in [0.29, 0.717) is 22.3 Å². The van der Waals surface area contributed by atoms with Gasteiger partial charge in [-0.1, -0.05) is 53.3 Å². The van der Waals surface area contributed by atoms with Crippen molar-refractivity contribution >= 4 is 34.5 Å². The van der Waals surface area contributed by atoms with E-state index in [9.17, 15) is 4.79 Å². The smallest absolute Gasteiger partial charge is 0.286 e. The molecule has 5 nitrogen and oxygen atoms in total. The maximum Gasteiger partial charge on any atom is 0.286 e. The fraction of sp³-hybridized carbons (Fsp3) is 0.211. The molecule has 0 saturated carbocycles. The normalized spacial score (nSPS) is 12.2. The molecule has 0 aliphatic rings. The topological polar surface area (TPSA) is 58.1 Å². The first-order valence-electron chi connectivity index (χ1n) is 8.17. The molecule has 0 saturated heterocycles. The summed E-state index contributed by atoms with van der Waals surface area (Å²) in [6.45, 7) is 2.77. The minimum atomic E-state index is -0.269. The number of halogens is 1. The number of hydrogen-bond donors (Lipinski definition) is 1. The number of aromatic nitrogens is 2. The van der Waals surface area contributed by atoms with E-state index in [2.05, 4.69) is 39.5 Å². The lowest BCUT2D eigenvalue weighted by atomic mass is 10.1. The summed E-state index contributed by atoms with van der Waals surface area (Å²) in [5.41, 5.74) is 1.91. The van der Waals surface area contributed by atoms with Crippen molar-refractivity contribution in [1.82, 2.24) is 15.1 Å². The molecule has 3 rings (SSSR count). The molecule has 0 unspecified atom stereocenters. The van der Waals surface area contributed by atoms with Crippen LogP contribution in [0.25, 0.3) is 0 Å². The predicted octanol–water partition coefficient (Wildman–Crippen LogP) is 4.64. The van der Waals surface area contributed by atoms with Gasteiger partial charge in [0, 0.05) is 16.8 Å². The van der Waals surface area contributed by atoms with Crippen molar-refractivity contribution in [2.24, 2.45) is 0 Å². The van der Waals surface area contributed by atoms with Crippen LogP contribution in [0.15, 0.2) is 54.6 Å². The number of amides is 1. The first kappa shape index (κ1) is 18.5. The first-order chi connectivity index (χ1) is 12.5. The highest BCUT2D eigenvalue weighted by Gasteiger charge is 2.17. The van der Waals surface area contributed by atoms with Gasteiger partial charge in [0.1, 0.15) is 5.01 Å². The number of carbonyl (C=O) groups excluding carboxylic acids is 1. The summed E-state index contributed by atoms with van der Waals surface area (Å²) in [5.74, 6) is -0.269. The van der Waals surface area contributed by atoms with Crippen LogP contribution in [-0.4, -0.2) is 28.1 Å². The third-order valence-electron chi connectivity index (χ3n) is 4.09. The van der Waals surface area contributed by atoms with Crippen molar-refractivity contribution < 1.29 is 4.79 Å². The van der Waals surface area contributed by atoms with Gasteiger partial charge in [0.2, 0.25) is 5.01 Å². The Labute approximate surface area is 161 Å². The van der Waals surface area contributed by atoms with Gasteiger partial charge in [-0.15, -0.1) is 10.2 Å². The van der Waals surface area contributed by atoms with Gasteiger partial charge < -0.3 is 5.32 Å². The Morgan fingerprint density at radius 3 is 2.54 bits per heavy atom. The third kappa shape index (κ3) is 4.66. The summed E-state index contributed by atoms with van der Waals surface area (Å²) in [4.78, 5) is 14.5. The predicted molar refractivity (Wildman–Crippen MR) is 106 cm³/mol. The zero-order valence-corrected chi connectivity index (χ0v) is 16.1. The molecule has 7 heteroatoms. The zero-order valence-electron chi connectivity index (χ0n) is 14.5. The van der Waals surface area contributed by atoms with Crippen LogP contribution in [0, 0.1) is 0 Å². The molecule has 3 aromatic rings. The van der Waals surface area contributed by atoms with E-state index >= 15 is 0 Å². The molecule has 0 aliphatic carbocycles. The van der Waals surface area contributed by atoms with E-state index in [1.807, 2.05) is 25.2 Å². The number of anilines is 1. The van der Waals surface area contributed by atoms with E-state index in [-0.39, 0.29) is 11.9 Å². The van der Waals surface area contributed by atoms with Crippen LogP contribution in [0.1, 0.15) is 33.3 Å². The highest BCUT2D eigenvalue weighted by Crippen LogP contribution is 2.22. The van der Waals surface area contributed by atoms with E-state index in [1.54, 1.807) is 24.3 Å². The minimum Gasteiger partial charge on any atom is -0.320 e. The summed E-state index contributed by atoms with van der Waals surface area (Å²) in [6.07, 6.45) is 0. The molecule has 1 heterocycles. The Morgan fingerprint density at radius 1 is 1.15 bits per heavy atom. The second kappa shape index (κ2) is 8.40. The highest BCUT2D eigenvalue weighted by molar-refractivity contribution is 7.13. The van der Waals surface area contributed by atoms with Crippen LogP contribution < -0.4 is 5.32 Å². The maximum absolute atomic E-state index is 12.3. The van der Waals surface area contributed by atoms with Gasteiger partial charge in [-0.05, 0) is 43.8 Å². The largest absolute Gasteiger partial charge is 0.320 e. The molecule has 26 heavy (non-hydrogen) atoms. The van der Waals surface area contributed by atoms with E-state index in [0.717, 1.165) is 5.01 Å². The second-order valence-electron chi connectivity index (χ2n) is 5.96. The van der Waals surface area contributed by atoms with Crippen LogP contribution >= 0.6 is 22.9 Å². The molecule has 1 aromatic heterocycles. The zero-order chi connectivity index (χ0) is 18.5. The molecule has 0 fully saturated rings. The number of carbonyl (C=O) groups is 1. The van der Waals surface area contributed by atoms with Gasteiger partial charge in [-0.25, -0.2) is 0 Å². The van der Waals surface area contributed by atoms with Crippen LogP contribution in [0.3, 0.4) is 0 Å². The van der Waals surface area contributed by atoms with Gasteiger partial charge in [0.05, 0.1) is 6.54 Å². The van der Waals surface area contributed by atoms with Crippen molar-refractivity contribution in [3.63, 3.8) is 0 Å². The molecule has 1 atom stereocenters. The lowest BCUT2D eigenvalue weighted by molar-refractivity contribution is 0.102. The van der Waals surface area contributed by atoms with E-state index in [4.69, 9.17) is 11.6 Å². The highest BCUT2D eigenvalue weighted by atomic mass is 35.5. The van der Waals surface area contributed by atoms with Gasteiger partial charge in [0.15, 0.2) is 0 Å². The monoisotopic (exact) mass is 386 g/mol. The minimum absolute atomic E-state index is 0.242. The summed E-state index contributed by atoms with van der Waals surface area (Å²) < 4.78 is 0. The molecule has 1 amide bonds. The molecule has 1 N–H and O–H groups in total. The third-order valence-corrected chi connectivity index (χ3v) is 5.25. The van der Waals surface area contributed by atoms with Gasteiger partial charge >= 0.3 is 0 Å². The summed E-state index contributed by atoms with van der Waals surface area (Å²) >= 11 is 7.15. The molecule has 134 valence electrons. The van der Waals surface area contributed by atoms with Crippen molar-refractivity contribution in [3.8, 4) is 0 Å². The maximum atomic E-state index is 12.3. The SMILES string of the molecule is C[C@@H](c1ccccc1)N(C)Cc1nnc(C(=O)Nc2ccc(Cl)cc2)s1. The van der Waals surface area contributed by atoms with Gasteiger partial charge in [-0.3, -0.25) is 9.69 Å². The first-order valence-corrected chi connectivity index (χ1v) is 9.37. The Morgan fingerprint density at radius 2 is 1.85 bits per heavy atom. The number of rotatable bonds is 6. The van der Waals surface area contributed by atoms with Crippen molar-refractivity contribution in [1.29, 1.82) is 0 Å². The van der Waals surface area contributed by atoms with Crippen molar-refractivity contribution in [2.75, 3.05) is 12.4 Å². The van der Waals surface area contributed by atoms with E-state index < -0.39 is 0 Å². The number of hydrogen-bond acceptors (Lipinski definition) is 5. The molecule has 2 aromatic carbocycles. The molecule has 0 aliphatic heterocycles. The average molecular weight is 387 g/mol. The summed E-state index contributed by atoms with van der Waals surface area (Å²) in [7, 11) is 2.03.